The van der Waals surface area contributed by atoms with Crippen LogP contribution >= 0.6 is 11.6 Å². The second-order valence-electron chi connectivity index (χ2n) is 6.44. The molecule has 0 bridgehead atoms. The van der Waals surface area contributed by atoms with Crippen molar-refractivity contribution in [3.05, 3.63) is 88.9 Å². The zero-order valence-corrected chi connectivity index (χ0v) is 17.7. The van der Waals surface area contributed by atoms with Crippen LogP contribution in [0, 0.1) is 0 Å². The lowest BCUT2D eigenvalue weighted by atomic mass is 10.1. The average Bonchev–Trinajstić information content (AvgIpc) is 2.74. The van der Waals surface area contributed by atoms with Crippen molar-refractivity contribution in [2.75, 3.05) is 16.7 Å². The van der Waals surface area contributed by atoms with E-state index in [1.165, 1.54) is 31.3 Å². The summed E-state index contributed by atoms with van der Waals surface area (Å²) >= 11 is 5.85. The van der Waals surface area contributed by atoms with Crippen LogP contribution in [0.5, 0.6) is 0 Å². The minimum absolute atomic E-state index is 0.121. The molecule has 0 aliphatic heterocycles. The van der Waals surface area contributed by atoms with Crippen LogP contribution in [-0.2, 0) is 16.4 Å². The minimum atomic E-state index is -3.78. The highest BCUT2D eigenvalue weighted by molar-refractivity contribution is 7.92. The molecule has 0 unspecified atom stereocenters. The largest absolute Gasteiger partial charge is 0.322 e. The van der Waals surface area contributed by atoms with Gasteiger partial charge in [0, 0.05) is 23.3 Å². The molecule has 0 aromatic heterocycles. The molecule has 0 spiro atoms. The molecule has 0 heterocycles. The van der Waals surface area contributed by atoms with Crippen molar-refractivity contribution in [2.45, 2.75) is 18.2 Å². The van der Waals surface area contributed by atoms with Crippen LogP contribution in [0.1, 0.15) is 22.8 Å². The number of rotatable bonds is 6. The predicted octanol–water partition coefficient (Wildman–Crippen LogP) is 4.98. The summed E-state index contributed by atoms with van der Waals surface area (Å²) in [6.07, 6.45) is 0.790. The van der Waals surface area contributed by atoms with E-state index in [9.17, 15) is 13.2 Å². The summed E-state index contributed by atoms with van der Waals surface area (Å²) in [5, 5.41) is 3.36. The number of aryl methyl sites for hydroxylation is 1. The predicted molar refractivity (Wildman–Crippen MR) is 117 cm³/mol. The molecule has 0 atom stereocenters. The number of carbonyl (C=O) groups excluding carboxylic acids is 1. The highest BCUT2D eigenvalue weighted by Crippen LogP contribution is 2.25. The lowest BCUT2D eigenvalue weighted by Crippen LogP contribution is -2.26. The highest BCUT2D eigenvalue weighted by atomic mass is 35.5. The van der Waals surface area contributed by atoms with E-state index < -0.39 is 10.0 Å². The molecular formula is C22H21ClN2O3S. The number of anilines is 2. The Morgan fingerprint density at radius 1 is 1.00 bits per heavy atom. The molecule has 0 saturated heterocycles. The van der Waals surface area contributed by atoms with Gasteiger partial charge < -0.3 is 5.32 Å². The first-order valence-electron chi connectivity index (χ1n) is 9.06. The zero-order chi connectivity index (χ0) is 21.0. The standard InChI is InChI=1S/C22H21ClN2O3S/c1-3-16-7-4-5-10-21(16)24-22(26)17-8-6-9-19(15-17)25(2)29(27,28)20-13-11-18(23)12-14-20/h4-15H,3H2,1-2H3,(H,24,26). The van der Waals surface area contributed by atoms with Gasteiger partial charge in [0.2, 0.25) is 0 Å². The number of carbonyl (C=O) groups is 1. The molecule has 7 heteroatoms. The van der Waals surface area contributed by atoms with E-state index in [-0.39, 0.29) is 10.8 Å². The van der Waals surface area contributed by atoms with Crippen LogP contribution in [0.2, 0.25) is 5.02 Å². The fourth-order valence-electron chi connectivity index (χ4n) is 2.89. The van der Waals surface area contributed by atoms with Crippen molar-refractivity contribution in [2.24, 2.45) is 0 Å². The van der Waals surface area contributed by atoms with Crippen molar-refractivity contribution < 1.29 is 13.2 Å². The zero-order valence-electron chi connectivity index (χ0n) is 16.1. The molecule has 1 N–H and O–H groups in total. The Bertz CT molecular complexity index is 1130. The Kier molecular flexibility index (Phi) is 6.25. The Labute approximate surface area is 176 Å². The van der Waals surface area contributed by atoms with Crippen molar-refractivity contribution in [1.29, 1.82) is 0 Å². The first-order valence-corrected chi connectivity index (χ1v) is 10.9. The summed E-state index contributed by atoms with van der Waals surface area (Å²) < 4.78 is 26.9. The summed E-state index contributed by atoms with van der Waals surface area (Å²) in [4.78, 5) is 12.8. The maximum atomic E-state index is 12.9. The summed E-state index contributed by atoms with van der Waals surface area (Å²) in [7, 11) is -2.33. The third-order valence-electron chi connectivity index (χ3n) is 4.59. The summed E-state index contributed by atoms with van der Waals surface area (Å²) in [5.41, 5.74) is 2.52. The molecule has 0 fully saturated rings. The average molecular weight is 429 g/mol. The first kappa shape index (κ1) is 20.9. The third kappa shape index (κ3) is 4.60. The van der Waals surface area contributed by atoms with Gasteiger partial charge in [-0.2, -0.15) is 0 Å². The van der Waals surface area contributed by atoms with Gasteiger partial charge in [0.15, 0.2) is 0 Å². The van der Waals surface area contributed by atoms with Gasteiger partial charge in [0.1, 0.15) is 0 Å². The molecule has 3 rings (SSSR count). The maximum absolute atomic E-state index is 12.9. The lowest BCUT2D eigenvalue weighted by molar-refractivity contribution is 0.102. The van der Waals surface area contributed by atoms with E-state index >= 15 is 0 Å². The van der Waals surface area contributed by atoms with Crippen LogP contribution < -0.4 is 9.62 Å². The molecule has 5 nitrogen and oxygen atoms in total. The number of hydrogen-bond donors (Lipinski definition) is 1. The number of amides is 1. The van der Waals surface area contributed by atoms with Crippen LogP contribution in [0.3, 0.4) is 0 Å². The molecule has 0 saturated carbocycles. The molecule has 29 heavy (non-hydrogen) atoms. The molecule has 0 radical (unpaired) electrons. The molecule has 0 aliphatic carbocycles. The SMILES string of the molecule is CCc1ccccc1NC(=O)c1cccc(N(C)S(=O)(=O)c2ccc(Cl)cc2)c1. The van der Waals surface area contributed by atoms with Crippen LogP contribution in [0.25, 0.3) is 0 Å². The Morgan fingerprint density at radius 2 is 1.69 bits per heavy atom. The smallest absolute Gasteiger partial charge is 0.264 e. The molecular weight excluding hydrogens is 408 g/mol. The quantitative estimate of drug-likeness (QED) is 0.602. The van der Waals surface area contributed by atoms with Crippen molar-refractivity contribution in [3.63, 3.8) is 0 Å². The summed E-state index contributed by atoms with van der Waals surface area (Å²) in [5.74, 6) is -0.301. The van der Waals surface area contributed by atoms with Gasteiger partial charge in [-0.25, -0.2) is 8.42 Å². The second kappa shape index (κ2) is 8.68. The van der Waals surface area contributed by atoms with Crippen LogP contribution in [0.4, 0.5) is 11.4 Å². The highest BCUT2D eigenvalue weighted by Gasteiger charge is 2.22. The van der Waals surface area contributed by atoms with Gasteiger partial charge in [-0.05, 0) is 60.5 Å². The number of nitrogens with one attached hydrogen (secondary N) is 1. The lowest BCUT2D eigenvalue weighted by Gasteiger charge is -2.20. The van der Waals surface area contributed by atoms with E-state index in [0.29, 0.717) is 16.3 Å². The van der Waals surface area contributed by atoms with Crippen molar-refractivity contribution in [3.8, 4) is 0 Å². The Morgan fingerprint density at radius 3 is 2.38 bits per heavy atom. The maximum Gasteiger partial charge on any atom is 0.264 e. The summed E-state index contributed by atoms with van der Waals surface area (Å²) in [6, 6.07) is 20.0. The molecule has 3 aromatic carbocycles. The van der Waals surface area contributed by atoms with Gasteiger partial charge >= 0.3 is 0 Å². The summed E-state index contributed by atoms with van der Waals surface area (Å²) in [6.45, 7) is 2.02. The fourth-order valence-corrected chi connectivity index (χ4v) is 4.20. The molecule has 1 amide bonds. The van der Waals surface area contributed by atoms with E-state index in [1.54, 1.807) is 24.3 Å². The van der Waals surface area contributed by atoms with E-state index in [2.05, 4.69) is 5.32 Å². The van der Waals surface area contributed by atoms with Crippen LogP contribution in [-0.4, -0.2) is 21.4 Å². The normalized spacial score (nSPS) is 11.1. The molecule has 0 aliphatic rings. The third-order valence-corrected chi connectivity index (χ3v) is 6.64. The van der Waals surface area contributed by atoms with E-state index in [4.69, 9.17) is 11.6 Å². The number of nitrogens with zero attached hydrogens (tertiary/aromatic N) is 1. The van der Waals surface area contributed by atoms with Gasteiger partial charge in [0.25, 0.3) is 15.9 Å². The fraction of sp³-hybridized carbons (Fsp3) is 0.136. The first-order chi connectivity index (χ1) is 13.8. The molecule has 3 aromatic rings. The van der Waals surface area contributed by atoms with Gasteiger partial charge in [-0.1, -0.05) is 42.8 Å². The van der Waals surface area contributed by atoms with Crippen LogP contribution in [0.15, 0.2) is 77.7 Å². The number of para-hydroxylation sites is 1. The number of halogens is 1. The Hall–Kier alpha value is -2.83. The number of hydrogen-bond acceptors (Lipinski definition) is 3. The molecule has 150 valence electrons. The van der Waals surface area contributed by atoms with Crippen molar-refractivity contribution in [1.82, 2.24) is 0 Å². The monoisotopic (exact) mass is 428 g/mol. The van der Waals surface area contributed by atoms with E-state index in [1.807, 2.05) is 31.2 Å². The van der Waals surface area contributed by atoms with Gasteiger partial charge in [-0.3, -0.25) is 9.10 Å². The second-order valence-corrected chi connectivity index (χ2v) is 8.85. The van der Waals surface area contributed by atoms with Gasteiger partial charge in [-0.15, -0.1) is 0 Å². The Balaban J connectivity index is 1.86. The number of sulfonamides is 1. The van der Waals surface area contributed by atoms with Crippen molar-refractivity contribution >= 4 is 38.9 Å². The van der Waals surface area contributed by atoms with E-state index in [0.717, 1.165) is 22.0 Å². The number of benzene rings is 3. The van der Waals surface area contributed by atoms with Gasteiger partial charge in [0.05, 0.1) is 10.6 Å². The minimum Gasteiger partial charge on any atom is -0.322 e. The topological polar surface area (TPSA) is 66.5 Å².